The molecular weight excluding hydrogens is 330 g/mol. The Morgan fingerprint density at radius 1 is 1.21 bits per heavy atom. The van der Waals surface area contributed by atoms with E-state index in [-0.39, 0.29) is 12.4 Å². The summed E-state index contributed by atoms with van der Waals surface area (Å²) in [6.07, 6.45) is 0.906. The van der Waals surface area contributed by atoms with E-state index < -0.39 is 0 Å². The summed E-state index contributed by atoms with van der Waals surface area (Å²) < 4.78 is 18.2. The van der Waals surface area contributed by atoms with Crippen LogP contribution < -0.4 is 19.9 Å². The molecule has 4 rings (SSSR count). The van der Waals surface area contributed by atoms with Gasteiger partial charge < -0.3 is 24.1 Å². The van der Waals surface area contributed by atoms with Gasteiger partial charge in [-0.1, -0.05) is 0 Å². The molecule has 0 unspecified atom stereocenters. The fourth-order valence-corrected chi connectivity index (χ4v) is 3.53. The Hall–Kier alpha value is -1.90. The normalized spacial score (nSPS) is 17.5. The van der Waals surface area contributed by atoms with E-state index in [9.17, 15) is 4.79 Å². The van der Waals surface area contributed by atoms with Crippen LogP contribution in [0, 0.1) is 4.77 Å². The van der Waals surface area contributed by atoms with Gasteiger partial charge in [0.2, 0.25) is 6.79 Å². The van der Waals surface area contributed by atoms with Crippen molar-refractivity contribution in [2.24, 2.45) is 0 Å². The first-order valence-electron chi connectivity index (χ1n) is 8.20. The van der Waals surface area contributed by atoms with Gasteiger partial charge in [-0.25, -0.2) is 0 Å². The lowest BCUT2D eigenvalue weighted by molar-refractivity contribution is -0.908. The summed E-state index contributed by atoms with van der Waals surface area (Å²) in [6, 6.07) is 3.51. The van der Waals surface area contributed by atoms with Crippen molar-refractivity contribution < 1.29 is 19.1 Å². The van der Waals surface area contributed by atoms with Gasteiger partial charge in [-0.2, -0.15) is 0 Å². The lowest BCUT2D eigenvalue weighted by Gasteiger charge is -2.23. The number of ether oxygens (including phenoxy) is 3. The van der Waals surface area contributed by atoms with Crippen LogP contribution in [0.1, 0.15) is 6.42 Å². The monoisotopic (exact) mass is 350 g/mol. The molecule has 2 aliphatic heterocycles. The summed E-state index contributed by atoms with van der Waals surface area (Å²) in [5, 5.41) is 0.576. The minimum atomic E-state index is -0.0796. The minimum absolute atomic E-state index is 0.0796. The van der Waals surface area contributed by atoms with Crippen LogP contribution in [-0.4, -0.2) is 49.2 Å². The molecule has 0 saturated carbocycles. The standard InChI is InChI=1S/C16H19N3O4S/c20-15-11-8-13-14(23-10-22-13)9-12(11)17-16(24)19(15)3-1-2-18-4-6-21-7-5-18/h8-9H,1-7,10H2,(H,17,24)/p+1. The average molecular weight is 350 g/mol. The summed E-state index contributed by atoms with van der Waals surface area (Å²) in [4.78, 5) is 17.4. The minimum Gasteiger partial charge on any atom is -0.454 e. The van der Waals surface area contributed by atoms with Crippen molar-refractivity contribution in [1.82, 2.24) is 9.55 Å². The van der Waals surface area contributed by atoms with Gasteiger partial charge in [0.15, 0.2) is 16.3 Å². The van der Waals surface area contributed by atoms with E-state index in [1.54, 1.807) is 16.7 Å². The number of aromatic amines is 1. The Balaban J connectivity index is 1.57. The molecule has 1 saturated heterocycles. The van der Waals surface area contributed by atoms with Gasteiger partial charge in [-0.05, 0) is 18.3 Å². The zero-order valence-electron chi connectivity index (χ0n) is 13.3. The van der Waals surface area contributed by atoms with Crippen LogP contribution in [0.2, 0.25) is 0 Å². The van der Waals surface area contributed by atoms with Crippen molar-refractivity contribution in [1.29, 1.82) is 0 Å². The fraction of sp³-hybridized carbons (Fsp3) is 0.500. The van der Waals surface area contributed by atoms with E-state index in [0.29, 0.717) is 33.7 Å². The highest BCUT2D eigenvalue weighted by Gasteiger charge is 2.17. The van der Waals surface area contributed by atoms with Crippen LogP contribution in [0.3, 0.4) is 0 Å². The van der Waals surface area contributed by atoms with E-state index in [2.05, 4.69) is 4.98 Å². The van der Waals surface area contributed by atoms with E-state index in [1.807, 2.05) is 0 Å². The number of nitrogens with zero attached hydrogens (tertiary/aromatic N) is 1. The molecule has 2 N–H and O–H groups in total. The van der Waals surface area contributed by atoms with Crippen LogP contribution in [0.25, 0.3) is 10.9 Å². The first-order valence-corrected chi connectivity index (χ1v) is 8.61. The lowest BCUT2D eigenvalue weighted by atomic mass is 10.2. The molecule has 1 aromatic heterocycles. The molecule has 0 aliphatic carbocycles. The molecular formula is C16H20N3O4S+. The molecule has 3 heterocycles. The highest BCUT2D eigenvalue weighted by atomic mass is 32.1. The van der Waals surface area contributed by atoms with E-state index in [0.717, 1.165) is 39.3 Å². The van der Waals surface area contributed by atoms with Crippen LogP contribution in [0.4, 0.5) is 0 Å². The van der Waals surface area contributed by atoms with Gasteiger partial charge in [-0.3, -0.25) is 9.36 Å². The number of aromatic nitrogens is 2. The van der Waals surface area contributed by atoms with Crippen molar-refractivity contribution in [3.05, 3.63) is 27.3 Å². The summed E-state index contributed by atoms with van der Waals surface area (Å²) in [7, 11) is 0. The zero-order chi connectivity index (χ0) is 16.5. The number of benzene rings is 1. The molecule has 1 aromatic carbocycles. The Morgan fingerprint density at radius 3 is 2.75 bits per heavy atom. The van der Waals surface area contributed by atoms with Crippen LogP contribution in [-0.2, 0) is 11.3 Å². The number of hydrogen-bond acceptors (Lipinski definition) is 5. The molecule has 0 bridgehead atoms. The van der Waals surface area contributed by atoms with E-state index >= 15 is 0 Å². The maximum absolute atomic E-state index is 12.8. The van der Waals surface area contributed by atoms with Crippen molar-refractivity contribution >= 4 is 23.1 Å². The molecule has 24 heavy (non-hydrogen) atoms. The largest absolute Gasteiger partial charge is 0.454 e. The molecule has 2 aromatic rings. The number of fused-ring (bicyclic) bond motifs is 2. The van der Waals surface area contributed by atoms with Crippen LogP contribution >= 0.6 is 12.2 Å². The molecule has 0 atom stereocenters. The van der Waals surface area contributed by atoms with Crippen molar-refractivity contribution in [3.63, 3.8) is 0 Å². The first-order chi connectivity index (χ1) is 11.7. The average Bonchev–Trinajstić information content (AvgIpc) is 3.04. The predicted molar refractivity (Wildman–Crippen MR) is 90.5 cm³/mol. The number of morpholine rings is 1. The van der Waals surface area contributed by atoms with E-state index in [4.69, 9.17) is 26.4 Å². The number of H-pyrrole nitrogens is 1. The quantitative estimate of drug-likeness (QED) is 0.765. The van der Waals surface area contributed by atoms with Gasteiger partial charge in [0.1, 0.15) is 13.1 Å². The first kappa shape index (κ1) is 15.6. The lowest BCUT2D eigenvalue weighted by Crippen LogP contribution is -3.14. The number of nitrogens with one attached hydrogen (secondary N) is 2. The van der Waals surface area contributed by atoms with Gasteiger partial charge in [0.25, 0.3) is 5.56 Å². The summed E-state index contributed by atoms with van der Waals surface area (Å²) in [5.74, 6) is 1.25. The number of quaternary nitrogens is 1. The van der Waals surface area contributed by atoms with E-state index in [1.165, 1.54) is 4.90 Å². The van der Waals surface area contributed by atoms with Crippen LogP contribution in [0.5, 0.6) is 11.5 Å². The SMILES string of the molecule is O=c1c2cc3c(cc2[nH]c(=S)n1CCC[NH+]1CCOCC1)OCO3. The Bertz CT molecular complexity index is 870. The third-order valence-electron chi connectivity index (χ3n) is 4.59. The fourth-order valence-electron chi connectivity index (χ4n) is 3.24. The van der Waals surface area contributed by atoms with Gasteiger partial charge >= 0.3 is 0 Å². The van der Waals surface area contributed by atoms with Crippen molar-refractivity contribution in [3.8, 4) is 11.5 Å². The molecule has 128 valence electrons. The number of hydrogen-bond donors (Lipinski definition) is 2. The van der Waals surface area contributed by atoms with Gasteiger partial charge in [-0.15, -0.1) is 0 Å². The topological polar surface area (TPSA) is 69.9 Å². The van der Waals surface area contributed by atoms with Gasteiger partial charge in [0, 0.05) is 19.0 Å². The second kappa shape index (κ2) is 6.54. The third-order valence-corrected chi connectivity index (χ3v) is 4.91. The Labute approximate surface area is 143 Å². The van der Waals surface area contributed by atoms with Crippen LogP contribution in [0.15, 0.2) is 16.9 Å². The molecule has 8 heteroatoms. The second-order valence-corrected chi connectivity index (χ2v) is 6.49. The highest BCUT2D eigenvalue weighted by molar-refractivity contribution is 7.71. The molecule has 7 nitrogen and oxygen atoms in total. The summed E-state index contributed by atoms with van der Waals surface area (Å²) >= 11 is 5.37. The maximum Gasteiger partial charge on any atom is 0.262 e. The molecule has 0 spiro atoms. The third kappa shape index (κ3) is 2.92. The smallest absolute Gasteiger partial charge is 0.262 e. The van der Waals surface area contributed by atoms with Crippen molar-refractivity contribution in [2.45, 2.75) is 13.0 Å². The van der Waals surface area contributed by atoms with Gasteiger partial charge in [0.05, 0.1) is 30.7 Å². The second-order valence-electron chi connectivity index (χ2n) is 6.10. The molecule has 2 aliphatic rings. The molecule has 1 fully saturated rings. The predicted octanol–water partition coefficient (Wildman–Crippen LogP) is 0.0930. The zero-order valence-corrected chi connectivity index (χ0v) is 14.1. The molecule has 0 amide bonds. The highest BCUT2D eigenvalue weighted by Crippen LogP contribution is 2.34. The maximum atomic E-state index is 12.8. The Kier molecular flexibility index (Phi) is 4.26. The molecule has 0 radical (unpaired) electrons. The Morgan fingerprint density at radius 2 is 1.96 bits per heavy atom. The summed E-state index contributed by atoms with van der Waals surface area (Å²) in [5.41, 5.74) is 0.605. The summed E-state index contributed by atoms with van der Waals surface area (Å²) in [6.45, 7) is 5.51. The number of rotatable bonds is 4. The van der Waals surface area contributed by atoms with Crippen molar-refractivity contribution in [2.75, 3.05) is 39.6 Å².